The molecule has 0 aliphatic rings. The minimum absolute atomic E-state index is 0. The highest BCUT2D eigenvalue weighted by Gasteiger charge is 2.09. The number of methoxy groups -OCH3 is 1. The molecule has 0 spiro atoms. The van der Waals surface area contributed by atoms with Gasteiger partial charge in [0.2, 0.25) is 0 Å². The molecule has 2 aromatic rings. The van der Waals surface area contributed by atoms with Crippen molar-refractivity contribution in [2.45, 2.75) is 20.8 Å². The van der Waals surface area contributed by atoms with Crippen molar-refractivity contribution in [2.75, 3.05) is 38.7 Å². The fraction of sp³-hybridized carbons (Fsp3) is 0.364. The van der Waals surface area contributed by atoms with Crippen LogP contribution in [0.2, 0.25) is 0 Å². The van der Waals surface area contributed by atoms with E-state index < -0.39 is 5.82 Å². The first-order valence-corrected chi connectivity index (χ1v) is 9.89. The predicted octanol–water partition coefficient (Wildman–Crippen LogP) is 3.97. The van der Waals surface area contributed by atoms with E-state index in [4.69, 9.17) is 9.47 Å². The number of halogens is 2. The van der Waals surface area contributed by atoms with Crippen LogP contribution in [0.4, 0.5) is 10.1 Å². The van der Waals surface area contributed by atoms with Crippen LogP contribution >= 0.6 is 24.0 Å². The van der Waals surface area contributed by atoms with Gasteiger partial charge in [0.25, 0.3) is 5.91 Å². The average Bonchev–Trinajstić information content (AvgIpc) is 2.74. The summed E-state index contributed by atoms with van der Waals surface area (Å²) in [6.45, 7) is 7.42. The molecular formula is C22H30FIN4O3. The zero-order valence-electron chi connectivity index (χ0n) is 18.3. The number of anilines is 1. The third kappa shape index (κ3) is 8.23. The molecule has 0 aliphatic heterocycles. The first-order chi connectivity index (χ1) is 14.5. The van der Waals surface area contributed by atoms with Crippen LogP contribution in [0.1, 0.15) is 29.8 Å². The van der Waals surface area contributed by atoms with Crippen LogP contribution in [0.3, 0.4) is 0 Å². The summed E-state index contributed by atoms with van der Waals surface area (Å²) in [6, 6.07) is 9.94. The Kier molecular flexibility index (Phi) is 11.7. The number of guanidine groups is 1. The Bertz CT molecular complexity index is 893. The Morgan fingerprint density at radius 2 is 1.87 bits per heavy atom. The van der Waals surface area contributed by atoms with Gasteiger partial charge in [0.05, 0.1) is 20.3 Å². The van der Waals surface area contributed by atoms with Crippen molar-refractivity contribution in [1.29, 1.82) is 0 Å². The molecule has 7 nitrogen and oxygen atoms in total. The van der Waals surface area contributed by atoms with Crippen LogP contribution in [-0.4, -0.2) is 45.2 Å². The van der Waals surface area contributed by atoms with Gasteiger partial charge in [-0.3, -0.25) is 9.79 Å². The van der Waals surface area contributed by atoms with E-state index in [1.54, 1.807) is 26.2 Å². The number of nitrogens with zero attached hydrogens (tertiary/aromatic N) is 1. The second-order valence-electron chi connectivity index (χ2n) is 6.40. The van der Waals surface area contributed by atoms with Crippen LogP contribution in [0.15, 0.2) is 41.4 Å². The molecule has 2 rings (SSSR count). The average molecular weight is 544 g/mol. The number of ether oxygens (including phenoxy) is 2. The number of carbonyl (C=O) groups excluding carboxylic acids is 1. The van der Waals surface area contributed by atoms with E-state index in [2.05, 4.69) is 20.9 Å². The number of aliphatic imine (C=N–C) groups is 1. The second-order valence-corrected chi connectivity index (χ2v) is 6.40. The van der Waals surface area contributed by atoms with E-state index in [1.165, 1.54) is 6.07 Å². The highest BCUT2D eigenvalue weighted by atomic mass is 127. The quantitative estimate of drug-likeness (QED) is 0.193. The van der Waals surface area contributed by atoms with E-state index in [0.717, 1.165) is 5.69 Å². The summed E-state index contributed by atoms with van der Waals surface area (Å²) in [6.07, 6.45) is 0. The number of hydrogen-bond acceptors (Lipinski definition) is 4. The van der Waals surface area contributed by atoms with Crippen molar-refractivity contribution >= 4 is 41.5 Å². The summed E-state index contributed by atoms with van der Waals surface area (Å²) in [5, 5.41) is 9.09. The Hall–Kier alpha value is -2.56. The number of amides is 1. The molecule has 9 heteroatoms. The van der Waals surface area contributed by atoms with Crippen molar-refractivity contribution in [1.82, 2.24) is 10.6 Å². The third-order valence-electron chi connectivity index (χ3n) is 4.17. The number of rotatable bonds is 9. The van der Waals surface area contributed by atoms with Crippen molar-refractivity contribution in [3.05, 3.63) is 53.3 Å². The van der Waals surface area contributed by atoms with Gasteiger partial charge >= 0.3 is 0 Å². The molecule has 170 valence electrons. The molecule has 0 radical (unpaired) electrons. The molecule has 0 saturated carbocycles. The van der Waals surface area contributed by atoms with Crippen LogP contribution < -0.4 is 25.4 Å². The van der Waals surface area contributed by atoms with E-state index in [1.807, 2.05) is 32.0 Å². The summed E-state index contributed by atoms with van der Waals surface area (Å²) >= 11 is 0. The molecule has 0 unspecified atom stereocenters. The molecule has 0 atom stereocenters. The molecule has 3 N–H and O–H groups in total. The fourth-order valence-electron chi connectivity index (χ4n) is 2.64. The fourth-order valence-corrected chi connectivity index (χ4v) is 2.64. The van der Waals surface area contributed by atoms with Gasteiger partial charge in [0.15, 0.2) is 17.5 Å². The number of carbonyl (C=O) groups is 1. The molecule has 2 aromatic carbocycles. The maximum atomic E-state index is 13.6. The zero-order chi connectivity index (χ0) is 21.9. The largest absolute Gasteiger partial charge is 0.493 e. The van der Waals surface area contributed by atoms with Gasteiger partial charge in [0.1, 0.15) is 5.82 Å². The Morgan fingerprint density at radius 3 is 2.52 bits per heavy atom. The van der Waals surface area contributed by atoms with Crippen LogP contribution in [0.25, 0.3) is 0 Å². The molecule has 31 heavy (non-hydrogen) atoms. The van der Waals surface area contributed by atoms with Gasteiger partial charge in [-0.2, -0.15) is 0 Å². The molecule has 1 amide bonds. The maximum absolute atomic E-state index is 13.6. The highest BCUT2D eigenvalue weighted by molar-refractivity contribution is 14.0. The summed E-state index contributed by atoms with van der Waals surface area (Å²) in [7, 11) is 1.59. The summed E-state index contributed by atoms with van der Waals surface area (Å²) in [5.74, 6) is 1.13. The molecule has 0 aromatic heterocycles. The molecule has 0 bridgehead atoms. The van der Waals surface area contributed by atoms with Gasteiger partial charge in [0, 0.05) is 30.4 Å². The van der Waals surface area contributed by atoms with E-state index in [9.17, 15) is 9.18 Å². The van der Waals surface area contributed by atoms with Gasteiger partial charge in [-0.25, -0.2) is 4.39 Å². The minimum Gasteiger partial charge on any atom is -0.493 e. The standard InChI is InChI=1S/C22H29FN4O3.HI/c1-5-24-22(27-17-9-10-19(30-6-2)20(14-17)29-4)26-12-11-25-21(28)16-8-7-15(3)18(23)13-16;/h7-10,13-14H,5-6,11-12H2,1-4H3,(H,25,28)(H2,24,26,27);1H. The molecule has 0 aliphatic carbocycles. The van der Waals surface area contributed by atoms with E-state index >= 15 is 0 Å². The lowest BCUT2D eigenvalue weighted by Gasteiger charge is -2.14. The summed E-state index contributed by atoms with van der Waals surface area (Å²) < 4.78 is 24.5. The van der Waals surface area contributed by atoms with Gasteiger partial charge < -0.3 is 25.4 Å². The second kappa shape index (κ2) is 13.7. The summed E-state index contributed by atoms with van der Waals surface area (Å²) in [4.78, 5) is 16.6. The van der Waals surface area contributed by atoms with Gasteiger partial charge in [-0.05, 0) is 50.6 Å². The monoisotopic (exact) mass is 544 g/mol. The molecule has 0 fully saturated rings. The minimum atomic E-state index is -0.398. The normalized spacial score (nSPS) is 10.7. The molecule has 0 heterocycles. The Labute approximate surface area is 199 Å². The topological polar surface area (TPSA) is 84.0 Å². The highest BCUT2D eigenvalue weighted by Crippen LogP contribution is 2.30. The summed E-state index contributed by atoms with van der Waals surface area (Å²) in [5.41, 5.74) is 1.58. The smallest absolute Gasteiger partial charge is 0.251 e. The molecule has 0 saturated heterocycles. The Morgan fingerprint density at radius 1 is 1.10 bits per heavy atom. The first-order valence-electron chi connectivity index (χ1n) is 9.89. The SMILES string of the molecule is CCNC(=NCCNC(=O)c1ccc(C)c(F)c1)Nc1ccc(OCC)c(OC)c1.I. The first kappa shape index (κ1) is 26.5. The molecular weight excluding hydrogens is 514 g/mol. The number of hydrogen-bond donors (Lipinski definition) is 3. The lowest BCUT2D eigenvalue weighted by molar-refractivity contribution is 0.0954. The number of benzene rings is 2. The van der Waals surface area contributed by atoms with Crippen LogP contribution in [0, 0.1) is 12.7 Å². The van der Waals surface area contributed by atoms with Gasteiger partial charge in [-0.1, -0.05) is 6.07 Å². The van der Waals surface area contributed by atoms with Crippen molar-refractivity contribution < 1.29 is 18.7 Å². The number of aryl methyl sites for hydroxylation is 1. The van der Waals surface area contributed by atoms with Crippen molar-refractivity contribution in [2.24, 2.45) is 4.99 Å². The zero-order valence-corrected chi connectivity index (χ0v) is 20.6. The number of nitrogens with one attached hydrogen (secondary N) is 3. The maximum Gasteiger partial charge on any atom is 0.251 e. The lowest BCUT2D eigenvalue weighted by Crippen LogP contribution is -2.32. The predicted molar refractivity (Wildman–Crippen MR) is 133 cm³/mol. The third-order valence-corrected chi connectivity index (χ3v) is 4.17. The van der Waals surface area contributed by atoms with Crippen LogP contribution in [0.5, 0.6) is 11.5 Å². The lowest BCUT2D eigenvalue weighted by atomic mass is 10.1. The van der Waals surface area contributed by atoms with Gasteiger partial charge in [-0.15, -0.1) is 24.0 Å². The van der Waals surface area contributed by atoms with E-state index in [-0.39, 0.29) is 35.4 Å². The van der Waals surface area contributed by atoms with Crippen LogP contribution in [-0.2, 0) is 0 Å². The van der Waals surface area contributed by atoms with Crippen molar-refractivity contribution in [3.8, 4) is 11.5 Å². The van der Waals surface area contributed by atoms with E-state index in [0.29, 0.717) is 49.3 Å². The Balaban J connectivity index is 0.00000480. The van der Waals surface area contributed by atoms with Crippen molar-refractivity contribution in [3.63, 3.8) is 0 Å².